The largest absolute Gasteiger partial charge is 0.335 e. The second-order valence-electron chi connectivity index (χ2n) is 8.96. The fourth-order valence-electron chi connectivity index (χ4n) is 4.89. The summed E-state index contributed by atoms with van der Waals surface area (Å²) in [4.78, 5) is 40.7. The maximum absolute atomic E-state index is 13.3. The average Bonchev–Trinajstić information content (AvgIpc) is 3.32. The number of rotatable bonds is 3. The third-order valence-corrected chi connectivity index (χ3v) is 7.88. The van der Waals surface area contributed by atoms with Crippen LogP contribution in [0, 0.1) is 32.1 Å². The van der Waals surface area contributed by atoms with Crippen molar-refractivity contribution in [1.29, 1.82) is 5.26 Å². The molecule has 3 aromatic rings. The van der Waals surface area contributed by atoms with Crippen molar-refractivity contribution in [3.8, 4) is 11.1 Å². The number of aryl methyl sites for hydroxylation is 3. The number of urea groups is 1. The molecule has 1 aliphatic heterocycles. The summed E-state index contributed by atoms with van der Waals surface area (Å²) in [5.41, 5.74) is 5.46. The number of anilines is 1. The van der Waals surface area contributed by atoms with Crippen molar-refractivity contribution in [2.45, 2.75) is 46.5 Å². The number of benzene rings is 1. The summed E-state index contributed by atoms with van der Waals surface area (Å²) in [5, 5.41) is 13.1. The molecule has 7 nitrogen and oxygen atoms in total. The molecule has 0 saturated carbocycles. The van der Waals surface area contributed by atoms with Crippen LogP contribution in [0.25, 0.3) is 11.1 Å². The van der Waals surface area contributed by atoms with Crippen LogP contribution in [-0.2, 0) is 22.4 Å². The van der Waals surface area contributed by atoms with Crippen LogP contribution in [0.1, 0.15) is 51.4 Å². The third-order valence-electron chi connectivity index (χ3n) is 6.60. The maximum Gasteiger partial charge on any atom is 0.335 e. The lowest BCUT2D eigenvalue weighted by Gasteiger charge is -2.26. The molecule has 5 rings (SSSR count). The van der Waals surface area contributed by atoms with E-state index in [1.807, 2.05) is 37.5 Å². The summed E-state index contributed by atoms with van der Waals surface area (Å²) < 4.78 is 2.03. The molecule has 1 saturated heterocycles. The molecule has 4 amide bonds. The first-order valence-electron chi connectivity index (χ1n) is 11.5. The lowest BCUT2D eigenvalue weighted by molar-refractivity contribution is -0.122. The van der Waals surface area contributed by atoms with Gasteiger partial charge in [0.1, 0.15) is 16.6 Å². The van der Waals surface area contributed by atoms with E-state index in [4.69, 9.17) is 0 Å². The van der Waals surface area contributed by atoms with Gasteiger partial charge in [0.15, 0.2) is 0 Å². The molecule has 1 aromatic carbocycles. The second kappa shape index (κ2) is 8.67. The van der Waals surface area contributed by atoms with E-state index in [-0.39, 0.29) is 5.57 Å². The first-order chi connectivity index (χ1) is 16.8. The molecule has 0 spiro atoms. The number of imide groups is 2. The van der Waals surface area contributed by atoms with E-state index in [1.54, 1.807) is 29.5 Å². The van der Waals surface area contributed by atoms with Gasteiger partial charge in [-0.15, -0.1) is 11.3 Å². The Bertz CT molecular complexity index is 1480. The molecule has 1 aliphatic carbocycles. The predicted octanol–water partition coefficient (Wildman–Crippen LogP) is 4.88. The molecule has 176 valence electrons. The zero-order valence-corrected chi connectivity index (χ0v) is 20.6. The molecule has 0 unspecified atom stereocenters. The summed E-state index contributed by atoms with van der Waals surface area (Å²) >= 11 is 1.65. The van der Waals surface area contributed by atoms with Crippen molar-refractivity contribution < 1.29 is 14.4 Å². The summed E-state index contributed by atoms with van der Waals surface area (Å²) in [6.45, 7) is 5.72. The first kappa shape index (κ1) is 22.8. The Kier molecular flexibility index (Phi) is 5.65. The Morgan fingerprint density at radius 2 is 1.86 bits per heavy atom. The molecular weight excluding hydrogens is 460 g/mol. The smallest absolute Gasteiger partial charge is 0.308 e. The number of hydrogen-bond acceptors (Lipinski definition) is 5. The molecular formula is C27H24N4O3S. The molecule has 2 aromatic heterocycles. The number of amides is 4. The normalized spacial score (nSPS) is 16.9. The Labute approximate surface area is 207 Å². The van der Waals surface area contributed by atoms with Crippen molar-refractivity contribution in [3.05, 3.63) is 74.4 Å². The number of nitriles is 1. The van der Waals surface area contributed by atoms with E-state index in [0.29, 0.717) is 16.8 Å². The summed E-state index contributed by atoms with van der Waals surface area (Å²) in [6.07, 6.45) is 5.66. The molecule has 0 bridgehead atoms. The van der Waals surface area contributed by atoms with Crippen molar-refractivity contribution in [2.75, 3.05) is 4.90 Å². The molecule has 0 radical (unpaired) electrons. The van der Waals surface area contributed by atoms with Crippen LogP contribution in [0.2, 0.25) is 0 Å². The number of nitrogens with zero attached hydrogens (tertiary/aromatic N) is 3. The Hall–Kier alpha value is -3.96. The molecule has 2 aliphatic rings. The van der Waals surface area contributed by atoms with Crippen molar-refractivity contribution in [2.24, 2.45) is 0 Å². The number of fused-ring (bicyclic) bond motifs is 1. The molecule has 0 atom stereocenters. The highest BCUT2D eigenvalue weighted by Crippen LogP contribution is 2.38. The highest BCUT2D eigenvalue weighted by molar-refractivity contribution is 7.15. The molecule has 1 N–H and O–H groups in total. The number of barbiturate groups is 1. The van der Waals surface area contributed by atoms with Gasteiger partial charge in [0, 0.05) is 16.3 Å². The lowest BCUT2D eigenvalue weighted by atomic mass is 9.96. The fraction of sp³-hybridized carbons (Fsp3) is 0.259. The third kappa shape index (κ3) is 3.78. The van der Waals surface area contributed by atoms with E-state index in [9.17, 15) is 19.6 Å². The minimum atomic E-state index is -0.768. The average molecular weight is 485 g/mol. The van der Waals surface area contributed by atoms with Crippen LogP contribution in [0.5, 0.6) is 0 Å². The van der Waals surface area contributed by atoms with Gasteiger partial charge in [0.05, 0.1) is 11.3 Å². The Morgan fingerprint density at radius 1 is 1.09 bits per heavy atom. The van der Waals surface area contributed by atoms with Gasteiger partial charge in [-0.3, -0.25) is 14.9 Å². The predicted molar refractivity (Wildman–Crippen MR) is 135 cm³/mol. The zero-order chi connectivity index (χ0) is 24.9. The van der Waals surface area contributed by atoms with Crippen LogP contribution in [-0.4, -0.2) is 22.4 Å². The van der Waals surface area contributed by atoms with Crippen molar-refractivity contribution in [3.63, 3.8) is 0 Å². The summed E-state index contributed by atoms with van der Waals surface area (Å²) in [5.74, 6) is -1.39. The molecule has 8 heteroatoms. The van der Waals surface area contributed by atoms with Crippen molar-refractivity contribution >= 4 is 40.9 Å². The maximum atomic E-state index is 13.3. The van der Waals surface area contributed by atoms with Crippen LogP contribution < -0.4 is 10.2 Å². The molecule has 1 fully saturated rings. The van der Waals surface area contributed by atoms with Gasteiger partial charge >= 0.3 is 6.03 Å². The first-order valence-corrected chi connectivity index (χ1v) is 12.3. The standard InChI is InChI=1S/C27H24N4O3S/c1-15-7-6-8-19(11-15)31-25(33)21(24(32)29-27(31)34)13-18-12-16(2)30(17(18)3)26-22(14-28)20-9-4-5-10-23(20)35-26/h6-8,11-13H,4-5,9-10H2,1-3H3,(H,29,32,34)/b21-13+. The van der Waals surface area contributed by atoms with Crippen LogP contribution in [0.15, 0.2) is 35.9 Å². The Morgan fingerprint density at radius 3 is 2.60 bits per heavy atom. The summed E-state index contributed by atoms with van der Waals surface area (Å²) in [6, 6.07) is 10.5. The molecule has 35 heavy (non-hydrogen) atoms. The Balaban J connectivity index is 1.58. The van der Waals surface area contributed by atoms with Crippen LogP contribution >= 0.6 is 11.3 Å². The topological polar surface area (TPSA) is 95.2 Å². The summed E-state index contributed by atoms with van der Waals surface area (Å²) in [7, 11) is 0. The highest BCUT2D eigenvalue weighted by Gasteiger charge is 2.37. The van der Waals surface area contributed by atoms with E-state index in [0.717, 1.165) is 58.1 Å². The number of hydrogen-bond donors (Lipinski definition) is 1. The van der Waals surface area contributed by atoms with Crippen molar-refractivity contribution in [1.82, 2.24) is 9.88 Å². The SMILES string of the molecule is Cc1cccc(N2C(=O)NC(=O)/C(=C\c3cc(C)n(-c4sc5c(c4C#N)CCCC5)c3C)C2=O)c1. The molecule has 3 heterocycles. The minimum Gasteiger partial charge on any atom is -0.308 e. The quantitative estimate of drug-likeness (QED) is 0.423. The van der Waals surface area contributed by atoms with Gasteiger partial charge in [-0.25, -0.2) is 9.69 Å². The second-order valence-corrected chi connectivity index (χ2v) is 10.0. The number of carbonyl (C=O) groups is 3. The van der Waals surface area contributed by atoms with Gasteiger partial charge in [-0.05, 0) is 87.4 Å². The number of nitrogens with one attached hydrogen (secondary N) is 1. The number of carbonyl (C=O) groups excluding carboxylic acids is 3. The number of thiophene rings is 1. The minimum absolute atomic E-state index is 0.114. The van der Waals surface area contributed by atoms with Gasteiger partial charge in [0.2, 0.25) is 0 Å². The van der Waals surface area contributed by atoms with Crippen LogP contribution in [0.4, 0.5) is 10.5 Å². The van der Waals surface area contributed by atoms with E-state index in [2.05, 4.69) is 11.4 Å². The van der Waals surface area contributed by atoms with E-state index in [1.165, 1.54) is 11.0 Å². The van der Waals surface area contributed by atoms with E-state index >= 15 is 0 Å². The highest BCUT2D eigenvalue weighted by atomic mass is 32.1. The fourth-order valence-corrected chi connectivity index (χ4v) is 6.34. The monoisotopic (exact) mass is 484 g/mol. The van der Waals surface area contributed by atoms with Gasteiger partial charge < -0.3 is 4.57 Å². The van der Waals surface area contributed by atoms with Gasteiger partial charge in [-0.1, -0.05) is 12.1 Å². The number of aromatic nitrogens is 1. The van der Waals surface area contributed by atoms with Crippen LogP contribution in [0.3, 0.4) is 0 Å². The van der Waals surface area contributed by atoms with E-state index < -0.39 is 17.8 Å². The zero-order valence-electron chi connectivity index (χ0n) is 19.8. The van der Waals surface area contributed by atoms with Gasteiger partial charge in [-0.2, -0.15) is 5.26 Å². The van der Waals surface area contributed by atoms with Gasteiger partial charge in [0.25, 0.3) is 11.8 Å². The lowest BCUT2D eigenvalue weighted by Crippen LogP contribution is -2.54.